The fourth-order valence-corrected chi connectivity index (χ4v) is 0.846. The van der Waals surface area contributed by atoms with Crippen molar-refractivity contribution in [1.82, 2.24) is 0 Å². The highest BCUT2D eigenvalue weighted by atomic mass is 16.5. The molecular formula is C11H12O2. The lowest BCUT2D eigenvalue weighted by atomic mass is 10.2. The van der Waals surface area contributed by atoms with Gasteiger partial charge in [0.05, 0.1) is 0 Å². The summed E-state index contributed by atoms with van der Waals surface area (Å²) in [5.41, 5.74) is 1.41. The van der Waals surface area contributed by atoms with E-state index >= 15 is 0 Å². The summed E-state index contributed by atoms with van der Waals surface area (Å²) < 4.78 is 4.95. The minimum Gasteiger partial charge on any atom is -0.457 e. The summed E-state index contributed by atoms with van der Waals surface area (Å²) in [6.45, 7) is 5.44. The van der Waals surface area contributed by atoms with Gasteiger partial charge in [-0.2, -0.15) is 0 Å². The monoisotopic (exact) mass is 179 g/mol. The largest absolute Gasteiger partial charge is 0.457 e. The van der Waals surface area contributed by atoms with Gasteiger partial charge in [0, 0.05) is 5.57 Å². The van der Waals surface area contributed by atoms with E-state index in [2.05, 4.69) is 6.58 Å². The number of rotatable bonds is 3. The molecule has 0 aliphatic heterocycles. The Labute approximate surface area is 77.8 Å². The minimum atomic E-state index is -0.344. The van der Waals surface area contributed by atoms with Gasteiger partial charge in [-0.1, -0.05) is 36.9 Å². The van der Waals surface area contributed by atoms with Crippen LogP contribution >= 0.6 is 0 Å². The molecule has 0 saturated carbocycles. The van der Waals surface area contributed by atoms with Gasteiger partial charge in [-0.3, -0.25) is 0 Å². The zero-order valence-corrected chi connectivity index (χ0v) is 7.62. The van der Waals surface area contributed by atoms with E-state index < -0.39 is 0 Å². The van der Waals surface area contributed by atoms with E-state index in [1.807, 2.05) is 30.3 Å². The van der Waals surface area contributed by atoms with Crippen LogP contribution in [-0.4, -0.2) is 5.97 Å². The predicted molar refractivity (Wildman–Crippen MR) is 51.1 cm³/mol. The lowest BCUT2D eigenvalue weighted by molar-refractivity contribution is -0.140. The molecule has 0 radical (unpaired) electrons. The van der Waals surface area contributed by atoms with Crippen LogP contribution < -0.4 is 0 Å². The van der Waals surface area contributed by atoms with E-state index in [0.717, 1.165) is 5.56 Å². The van der Waals surface area contributed by atoms with Crippen LogP contribution in [0.3, 0.4) is 0 Å². The van der Waals surface area contributed by atoms with Crippen molar-refractivity contribution in [3.63, 3.8) is 0 Å². The molecule has 0 heterocycles. The molecule has 0 amide bonds. The van der Waals surface area contributed by atoms with E-state index in [4.69, 9.17) is 4.74 Å². The first-order valence-electron chi connectivity index (χ1n) is 4.06. The van der Waals surface area contributed by atoms with Crippen LogP contribution in [0.4, 0.5) is 0 Å². The van der Waals surface area contributed by atoms with Crippen LogP contribution in [-0.2, 0) is 16.1 Å². The zero-order valence-electron chi connectivity index (χ0n) is 7.62. The number of carbonyl (C=O) groups is 1. The lowest BCUT2D eigenvalue weighted by Gasteiger charge is -2.03. The molecule has 0 N–H and O–H groups in total. The molecule has 13 heavy (non-hydrogen) atoms. The lowest BCUT2D eigenvalue weighted by Crippen LogP contribution is -2.04. The van der Waals surface area contributed by atoms with Crippen molar-refractivity contribution in [2.24, 2.45) is 0 Å². The molecule has 0 fully saturated rings. The summed E-state index contributed by atoms with van der Waals surface area (Å²) in [7, 11) is 0. The average Bonchev–Trinajstić information content (AvgIpc) is 2.15. The van der Waals surface area contributed by atoms with Crippen LogP contribution in [0, 0.1) is 0 Å². The number of ether oxygens (including phenoxy) is 1. The number of hydrogen-bond acceptors (Lipinski definition) is 2. The summed E-state index contributed by atoms with van der Waals surface area (Å²) in [5, 5.41) is 0. The maximum atomic E-state index is 11.0. The Morgan fingerprint density at radius 1 is 1.38 bits per heavy atom. The highest BCUT2D eigenvalue weighted by Gasteiger charge is 2.02. The van der Waals surface area contributed by atoms with Crippen molar-refractivity contribution in [2.75, 3.05) is 0 Å². The maximum absolute atomic E-state index is 11.0. The molecule has 68 valence electrons. The van der Waals surface area contributed by atoms with Gasteiger partial charge in [-0.25, -0.2) is 4.79 Å². The molecule has 2 heteroatoms. The first-order chi connectivity index (χ1) is 6.20. The Morgan fingerprint density at radius 3 is 2.54 bits per heavy atom. The van der Waals surface area contributed by atoms with Gasteiger partial charge in [0.15, 0.2) is 0 Å². The summed E-state index contributed by atoms with van der Waals surface area (Å²) in [5.74, 6) is -0.344. The zero-order chi connectivity index (χ0) is 9.68. The SMILES string of the molecule is [13CH2]=[13C]([13CH3])C(=O)OCc1ccccc1. The molecule has 2 nitrogen and oxygen atoms in total. The molecule has 1 rings (SSSR count). The molecule has 0 aliphatic rings. The van der Waals surface area contributed by atoms with Gasteiger partial charge in [0.25, 0.3) is 0 Å². The van der Waals surface area contributed by atoms with Crippen LogP contribution in [0.25, 0.3) is 0 Å². The van der Waals surface area contributed by atoms with E-state index in [1.54, 1.807) is 6.92 Å². The smallest absolute Gasteiger partial charge is 0.333 e. The topological polar surface area (TPSA) is 26.3 Å². The number of esters is 1. The second-order valence-electron chi connectivity index (χ2n) is 2.84. The molecule has 0 saturated heterocycles. The average molecular weight is 179 g/mol. The molecule has 1 aromatic carbocycles. The van der Waals surface area contributed by atoms with Crippen molar-refractivity contribution in [2.45, 2.75) is 13.5 Å². The highest BCUT2D eigenvalue weighted by molar-refractivity contribution is 5.86. The summed E-state index contributed by atoms with van der Waals surface area (Å²) >= 11 is 0. The standard InChI is InChI=1S/C11H12O2/c1-9(2)11(12)13-8-10-6-4-3-5-7-10/h3-7H,1,8H2,2H3/i1+1,2+1,9+1. The van der Waals surface area contributed by atoms with E-state index in [9.17, 15) is 4.79 Å². The fourth-order valence-electron chi connectivity index (χ4n) is 0.846. The maximum Gasteiger partial charge on any atom is 0.333 e. The number of hydrogen-bond donors (Lipinski definition) is 0. The summed E-state index contributed by atoms with van der Waals surface area (Å²) in [6, 6.07) is 9.55. The van der Waals surface area contributed by atoms with Gasteiger partial charge < -0.3 is 4.74 Å². The van der Waals surface area contributed by atoms with E-state index in [-0.39, 0.29) is 5.97 Å². The molecule has 0 bridgehead atoms. The quantitative estimate of drug-likeness (QED) is 0.404. The van der Waals surface area contributed by atoms with Crippen LogP contribution in [0.5, 0.6) is 0 Å². The Morgan fingerprint density at radius 2 is 2.00 bits per heavy atom. The third kappa shape index (κ3) is 3.11. The normalized spacial score (nSPS) is 9.31. The summed E-state index contributed by atoms with van der Waals surface area (Å²) in [4.78, 5) is 11.0. The van der Waals surface area contributed by atoms with Gasteiger partial charge in [0.2, 0.25) is 0 Å². The van der Waals surface area contributed by atoms with Crippen molar-refractivity contribution >= 4 is 5.97 Å². The molecule has 0 aromatic heterocycles. The Bertz CT molecular complexity index is 301. The van der Waals surface area contributed by atoms with Crippen LogP contribution in [0.15, 0.2) is 42.5 Å². The third-order valence-corrected chi connectivity index (χ3v) is 1.56. The molecule has 0 unspecified atom stereocenters. The Kier molecular flexibility index (Phi) is 3.26. The van der Waals surface area contributed by atoms with Crippen molar-refractivity contribution in [1.29, 1.82) is 0 Å². The van der Waals surface area contributed by atoms with E-state index in [1.165, 1.54) is 0 Å². The highest BCUT2D eigenvalue weighted by Crippen LogP contribution is 2.02. The third-order valence-electron chi connectivity index (χ3n) is 1.56. The van der Waals surface area contributed by atoms with Crippen LogP contribution in [0.2, 0.25) is 0 Å². The van der Waals surface area contributed by atoms with Crippen LogP contribution in [0.1, 0.15) is 12.5 Å². The van der Waals surface area contributed by atoms with Gasteiger partial charge in [-0.15, -0.1) is 0 Å². The first-order valence-corrected chi connectivity index (χ1v) is 4.06. The second kappa shape index (κ2) is 4.45. The molecule has 0 aliphatic carbocycles. The van der Waals surface area contributed by atoms with Gasteiger partial charge >= 0.3 is 5.97 Å². The fraction of sp³-hybridized carbons (Fsp3) is 0.182. The van der Waals surface area contributed by atoms with Crippen molar-refractivity contribution in [3.05, 3.63) is 48.0 Å². The second-order valence-corrected chi connectivity index (χ2v) is 2.84. The summed E-state index contributed by atoms with van der Waals surface area (Å²) in [6.07, 6.45) is 0. The minimum absolute atomic E-state index is 0.312. The van der Waals surface area contributed by atoms with Gasteiger partial charge in [0.1, 0.15) is 6.61 Å². The van der Waals surface area contributed by atoms with Crippen molar-refractivity contribution < 1.29 is 9.53 Å². The van der Waals surface area contributed by atoms with Crippen molar-refractivity contribution in [3.8, 4) is 0 Å². The number of benzene rings is 1. The number of carbonyl (C=O) groups excluding carboxylic acids is 1. The first kappa shape index (κ1) is 9.52. The molecule has 0 atom stereocenters. The van der Waals surface area contributed by atoms with Gasteiger partial charge in [-0.05, 0) is 12.5 Å². The Balaban J connectivity index is 2.44. The molecule has 0 spiro atoms. The molecule has 1 aromatic rings. The molecular weight excluding hydrogens is 167 g/mol. The van der Waals surface area contributed by atoms with E-state index in [0.29, 0.717) is 12.2 Å². The predicted octanol–water partition coefficient (Wildman–Crippen LogP) is 2.31. The Hall–Kier alpha value is -1.57.